The third-order valence-electron chi connectivity index (χ3n) is 3.54. The molecular formula is C19H22N4O. The first-order valence-corrected chi connectivity index (χ1v) is 8.19. The molecule has 0 aliphatic heterocycles. The molecule has 2 aromatic rings. The van der Waals surface area contributed by atoms with Crippen molar-refractivity contribution in [2.45, 2.75) is 26.7 Å². The van der Waals surface area contributed by atoms with Gasteiger partial charge in [0, 0.05) is 25.0 Å². The minimum absolute atomic E-state index is 0.000579. The molecule has 0 aliphatic carbocycles. The lowest BCUT2D eigenvalue weighted by Gasteiger charge is -2.21. The summed E-state index contributed by atoms with van der Waals surface area (Å²) in [6, 6.07) is 11.1. The maximum absolute atomic E-state index is 12.6. The number of hydrogen-bond acceptors (Lipinski definition) is 4. The molecule has 0 bridgehead atoms. The van der Waals surface area contributed by atoms with Gasteiger partial charge < -0.3 is 10.2 Å². The molecule has 24 heavy (non-hydrogen) atoms. The summed E-state index contributed by atoms with van der Waals surface area (Å²) in [6.45, 7) is 5.62. The van der Waals surface area contributed by atoms with Crippen molar-refractivity contribution in [2.75, 3.05) is 18.4 Å². The highest BCUT2D eigenvalue weighted by Crippen LogP contribution is 2.18. The lowest BCUT2D eigenvalue weighted by atomic mass is 10.2. The van der Waals surface area contributed by atoms with E-state index in [0.717, 1.165) is 37.3 Å². The van der Waals surface area contributed by atoms with Crippen molar-refractivity contribution in [2.24, 2.45) is 0 Å². The number of pyridine rings is 1. The van der Waals surface area contributed by atoms with Crippen LogP contribution in [0.2, 0.25) is 0 Å². The number of rotatable bonds is 7. The number of benzene rings is 1. The number of aromatic nitrogens is 1. The smallest absolute Gasteiger partial charge is 0.255 e. The van der Waals surface area contributed by atoms with Gasteiger partial charge in [0.15, 0.2) is 0 Å². The van der Waals surface area contributed by atoms with E-state index in [1.165, 1.54) is 0 Å². The SMILES string of the molecule is CCCN(CCC)C(=O)c1cncc(Nc2cccc(C#N)c2)c1. The van der Waals surface area contributed by atoms with E-state index in [-0.39, 0.29) is 5.91 Å². The van der Waals surface area contributed by atoms with Crippen LogP contribution in [-0.2, 0) is 0 Å². The van der Waals surface area contributed by atoms with Crippen LogP contribution in [0.25, 0.3) is 0 Å². The van der Waals surface area contributed by atoms with Gasteiger partial charge in [0.05, 0.1) is 29.1 Å². The molecule has 1 N–H and O–H groups in total. The summed E-state index contributed by atoms with van der Waals surface area (Å²) in [7, 11) is 0. The first-order chi connectivity index (χ1) is 11.7. The number of amides is 1. The summed E-state index contributed by atoms with van der Waals surface area (Å²) < 4.78 is 0. The number of anilines is 2. The largest absolute Gasteiger partial charge is 0.354 e. The van der Waals surface area contributed by atoms with Crippen molar-refractivity contribution in [3.63, 3.8) is 0 Å². The Morgan fingerprint density at radius 1 is 1.17 bits per heavy atom. The first kappa shape index (κ1) is 17.5. The van der Waals surface area contributed by atoms with E-state index in [4.69, 9.17) is 5.26 Å². The molecule has 1 heterocycles. The Balaban J connectivity index is 2.18. The molecule has 1 aromatic heterocycles. The van der Waals surface area contributed by atoms with Gasteiger partial charge in [0.2, 0.25) is 0 Å². The van der Waals surface area contributed by atoms with E-state index in [0.29, 0.717) is 11.1 Å². The maximum atomic E-state index is 12.6. The van der Waals surface area contributed by atoms with Crippen LogP contribution in [0, 0.1) is 11.3 Å². The highest BCUT2D eigenvalue weighted by molar-refractivity contribution is 5.95. The highest BCUT2D eigenvalue weighted by atomic mass is 16.2. The summed E-state index contributed by atoms with van der Waals surface area (Å²) in [4.78, 5) is 18.7. The second-order valence-electron chi connectivity index (χ2n) is 5.57. The number of nitrogens with zero attached hydrogens (tertiary/aromatic N) is 3. The van der Waals surface area contributed by atoms with Gasteiger partial charge in [-0.2, -0.15) is 5.26 Å². The predicted octanol–water partition coefficient (Wildman–Crippen LogP) is 3.96. The highest BCUT2D eigenvalue weighted by Gasteiger charge is 2.15. The van der Waals surface area contributed by atoms with Crippen molar-refractivity contribution in [1.29, 1.82) is 5.26 Å². The van der Waals surface area contributed by atoms with Crippen LogP contribution in [-0.4, -0.2) is 28.9 Å². The van der Waals surface area contributed by atoms with E-state index in [1.807, 2.05) is 17.0 Å². The molecule has 5 heteroatoms. The summed E-state index contributed by atoms with van der Waals surface area (Å²) >= 11 is 0. The van der Waals surface area contributed by atoms with E-state index < -0.39 is 0 Å². The van der Waals surface area contributed by atoms with Crippen LogP contribution in [0.4, 0.5) is 11.4 Å². The molecule has 0 atom stereocenters. The summed E-state index contributed by atoms with van der Waals surface area (Å²) in [5.41, 5.74) is 2.67. The molecular weight excluding hydrogens is 300 g/mol. The Morgan fingerprint density at radius 2 is 1.92 bits per heavy atom. The van der Waals surface area contributed by atoms with E-state index in [2.05, 4.69) is 30.2 Å². The maximum Gasteiger partial charge on any atom is 0.255 e. The topological polar surface area (TPSA) is 69.0 Å². The third kappa shape index (κ3) is 4.56. The predicted molar refractivity (Wildman–Crippen MR) is 95.2 cm³/mol. The number of carbonyl (C=O) groups excluding carboxylic acids is 1. The molecule has 1 amide bonds. The lowest BCUT2D eigenvalue weighted by molar-refractivity contribution is 0.0755. The average Bonchev–Trinajstić information content (AvgIpc) is 2.61. The van der Waals surface area contributed by atoms with Crippen molar-refractivity contribution < 1.29 is 4.79 Å². The summed E-state index contributed by atoms with van der Waals surface area (Å²) in [5.74, 6) is 0.000579. The Bertz CT molecular complexity index is 730. The second kappa shape index (κ2) is 8.68. The molecule has 0 aliphatic rings. The Hall–Kier alpha value is -2.87. The molecule has 0 spiro atoms. The van der Waals surface area contributed by atoms with Crippen LogP contribution in [0.3, 0.4) is 0 Å². The number of nitriles is 1. The number of carbonyl (C=O) groups is 1. The van der Waals surface area contributed by atoms with Crippen LogP contribution >= 0.6 is 0 Å². The average molecular weight is 322 g/mol. The normalized spacial score (nSPS) is 10.0. The standard InChI is InChI=1S/C19H22N4O/c1-3-8-23(9-4-2)19(24)16-11-18(14-21-13-16)22-17-7-5-6-15(10-17)12-20/h5-7,10-11,13-14,22H,3-4,8-9H2,1-2H3. The van der Waals surface area contributed by atoms with Crippen molar-refractivity contribution in [3.05, 3.63) is 53.9 Å². The van der Waals surface area contributed by atoms with Gasteiger partial charge in [-0.15, -0.1) is 0 Å². The molecule has 0 saturated heterocycles. The Morgan fingerprint density at radius 3 is 2.58 bits per heavy atom. The number of hydrogen-bond donors (Lipinski definition) is 1. The van der Waals surface area contributed by atoms with Crippen LogP contribution in [0.1, 0.15) is 42.6 Å². The molecule has 2 rings (SSSR count). The fraction of sp³-hybridized carbons (Fsp3) is 0.316. The first-order valence-electron chi connectivity index (χ1n) is 8.19. The van der Waals surface area contributed by atoms with Gasteiger partial charge in [-0.05, 0) is 37.1 Å². The van der Waals surface area contributed by atoms with Gasteiger partial charge in [0.1, 0.15) is 0 Å². The zero-order valence-electron chi connectivity index (χ0n) is 14.1. The minimum Gasteiger partial charge on any atom is -0.354 e. The molecule has 0 fully saturated rings. The zero-order chi connectivity index (χ0) is 17.4. The van der Waals surface area contributed by atoms with E-state index in [9.17, 15) is 4.79 Å². The molecule has 0 unspecified atom stereocenters. The van der Waals surface area contributed by atoms with Crippen molar-refractivity contribution in [1.82, 2.24) is 9.88 Å². The Labute approximate surface area is 142 Å². The molecule has 124 valence electrons. The van der Waals surface area contributed by atoms with E-state index in [1.54, 1.807) is 30.6 Å². The van der Waals surface area contributed by atoms with Gasteiger partial charge in [-0.1, -0.05) is 19.9 Å². The molecule has 0 radical (unpaired) electrons. The fourth-order valence-corrected chi connectivity index (χ4v) is 2.50. The van der Waals surface area contributed by atoms with Gasteiger partial charge in [-0.25, -0.2) is 0 Å². The van der Waals surface area contributed by atoms with Crippen LogP contribution in [0.15, 0.2) is 42.7 Å². The van der Waals surface area contributed by atoms with Gasteiger partial charge in [-0.3, -0.25) is 9.78 Å². The van der Waals surface area contributed by atoms with Crippen LogP contribution in [0.5, 0.6) is 0 Å². The molecule has 5 nitrogen and oxygen atoms in total. The Kier molecular flexibility index (Phi) is 6.32. The quantitative estimate of drug-likeness (QED) is 0.837. The van der Waals surface area contributed by atoms with Crippen molar-refractivity contribution >= 4 is 17.3 Å². The zero-order valence-corrected chi connectivity index (χ0v) is 14.1. The van der Waals surface area contributed by atoms with E-state index >= 15 is 0 Å². The summed E-state index contributed by atoms with van der Waals surface area (Å²) in [6.07, 6.45) is 5.12. The summed E-state index contributed by atoms with van der Waals surface area (Å²) in [5, 5.41) is 12.2. The van der Waals surface area contributed by atoms with Gasteiger partial charge >= 0.3 is 0 Å². The van der Waals surface area contributed by atoms with Crippen LogP contribution < -0.4 is 5.32 Å². The number of nitrogens with one attached hydrogen (secondary N) is 1. The third-order valence-corrected chi connectivity index (χ3v) is 3.54. The lowest BCUT2D eigenvalue weighted by Crippen LogP contribution is -2.32. The van der Waals surface area contributed by atoms with Gasteiger partial charge in [0.25, 0.3) is 5.91 Å². The minimum atomic E-state index is 0.000579. The monoisotopic (exact) mass is 322 g/mol. The second-order valence-corrected chi connectivity index (χ2v) is 5.57. The fourth-order valence-electron chi connectivity index (χ4n) is 2.50. The molecule has 1 aromatic carbocycles. The van der Waals surface area contributed by atoms with Crippen molar-refractivity contribution in [3.8, 4) is 6.07 Å². The molecule has 0 saturated carbocycles.